The van der Waals surface area contributed by atoms with Crippen LogP contribution >= 0.6 is 27.7 Å². The summed E-state index contributed by atoms with van der Waals surface area (Å²) in [4.78, 5) is 30.7. The van der Waals surface area contributed by atoms with Gasteiger partial charge in [0.2, 0.25) is 11.1 Å². The molecule has 1 aliphatic heterocycles. The number of anilines is 1. The summed E-state index contributed by atoms with van der Waals surface area (Å²) in [6.45, 7) is 7.66. The van der Waals surface area contributed by atoms with E-state index in [2.05, 4.69) is 27.5 Å². The third-order valence-corrected chi connectivity index (χ3v) is 6.57. The average Bonchev–Trinajstić information content (AvgIpc) is 2.78. The van der Waals surface area contributed by atoms with Crippen molar-refractivity contribution in [3.8, 4) is 17.0 Å². The Morgan fingerprint density at radius 2 is 2.16 bits per heavy atom. The van der Waals surface area contributed by atoms with E-state index in [0.29, 0.717) is 40.2 Å². The van der Waals surface area contributed by atoms with Crippen molar-refractivity contribution in [3.63, 3.8) is 0 Å². The number of H-pyrrole nitrogens is 1. The second kappa shape index (κ2) is 9.30. The molecule has 9 heteroatoms. The molecule has 4 rings (SSSR count). The first-order valence-corrected chi connectivity index (χ1v) is 11.8. The smallest absolute Gasteiger partial charge is 0.325 e. The van der Waals surface area contributed by atoms with Crippen LogP contribution in [0.15, 0.2) is 69.5 Å². The van der Waals surface area contributed by atoms with Crippen LogP contribution in [-0.4, -0.2) is 28.3 Å². The van der Waals surface area contributed by atoms with Crippen molar-refractivity contribution >= 4 is 39.3 Å². The lowest BCUT2D eigenvalue weighted by Gasteiger charge is -2.31. The Labute approximate surface area is 198 Å². The van der Waals surface area contributed by atoms with Gasteiger partial charge in [-0.15, -0.1) is 6.58 Å². The number of para-hydroxylation sites is 1. The average molecular weight is 514 g/mol. The van der Waals surface area contributed by atoms with E-state index in [0.717, 1.165) is 10.0 Å². The number of fused-ring (bicyclic) bond motifs is 3. The molecule has 1 aliphatic rings. The largest absolute Gasteiger partial charge is 0.494 e. The Hall–Kier alpha value is -2.91. The van der Waals surface area contributed by atoms with Gasteiger partial charge >= 0.3 is 11.3 Å². The first kappa shape index (κ1) is 22.3. The number of thioether (sulfide) groups is 1. The zero-order chi connectivity index (χ0) is 22.8. The SMILES string of the molecule is C=CCSc1n[n+]2c(c(=O)[nH]1)-c1ccccc1N(C(C)=O)[C@H]2c1cc(OCC)ccc1Br. The fraction of sp³-hybridized carbons (Fsp3) is 0.217. The maximum absolute atomic E-state index is 13.2. The third-order valence-electron chi connectivity index (χ3n) is 4.99. The molecule has 0 aliphatic carbocycles. The van der Waals surface area contributed by atoms with Gasteiger partial charge in [0.15, 0.2) is 0 Å². The summed E-state index contributed by atoms with van der Waals surface area (Å²) < 4.78 is 8.11. The monoisotopic (exact) mass is 513 g/mol. The molecule has 3 aromatic rings. The molecule has 0 radical (unpaired) electrons. The highest BCUT2D eigenvalue weighted by Gasteiger charge is 2.45. The summed E-state index contributed by atoms with van der Waals surface area (Å²) in [7, 11) is 0. The predicted molar refractivity (Wildman–Crippen MR) is 128 cm³/mol. The number of ether oxygens (including phenoxy) is 1. The van der Waals surface area contributed by atoms with E-state index >= 15 is 0 Å². The molecule has 1 atom stereocenters. The summed E-state index contributed by atoms with van der Waals surface area (Å²) in [5.74, 6) is 1.08. The molecular weight excluding hydrogens is 492 g/mol. The van der Waals surface area contributed by atoms with Gasteiger partial charge in [-0.25, -0.2) is 4.90 Å². The van der Waals surface area contributed by atoms with Crippen LogP contribution in [0.3, 0.4) is 0 Å². The van der Waals surface area contributed by atoms with Gasteiger partial charge in [0.1, 0.15) is 5.75 Å². The molecule has 1 amide bonds. The van der Waals surface area contributed by atoms with Crippen molar-refractivity contribution in [2.24, 2.45) is 0 Å². The Morgan fingerprint density at radius 1 is 1.38 bits per heavy atom. The number of hydrogen-bond acceptors (Lipinski definition) is 5. The van der Waals surface area contributed by atoms with E-state index in [1.54, 1.807) is 15.7 Å². The van der Waals surface area contributed by atoms with E-state index in [1.807, 2.05) is 49.4 Å². The van der Waals surface area contributed by atoms with Crippen LogP contribution in [0, 0.1) is 0 Å². The number of halogens is 1. The van der Waals surface area contributed by atoms with Crippen LogP contribution < -0.4 is 19.9 Å². The van der Waals surface area contributed by atoms with Crippen LogP contribution in [0.5, 0.6) is 5.75 Å². The summed E-state index contributed by atoms with van der Waals surface area (Å²) in [6.07, 6.45) is 1.06. The van der Waals surface area contributed by atoms with Crippen LogP contribution in [0.4, 0.5) is 5.69 Å². The molecule has 7 nitrogen and oxygen atoms in total. The van der Waals surface area contributed by atoms with E-state index in [4.69, 9.17) is 9.84 Å². The topological polar surface area (TPSA) is 79.2 Å². The molecule has 2 aromatic carbocycles. The minimum atomic E-state index is -0.683. The Balaban J connectivity index is 2.04. The molecule has 0 fully saturated rings. The van der Waals surface area contributed by atoms with Gasteiger partial charge in [0, 0.05) is 22.2 Å². The van der Waals surface area contributed by atoms with Crippen LogP contribution in [0.1, 0.15) is 25.6 Å². The molecular formula is C23H22BrN4O3S+. The van der Waals surface area contributed by atoms with Crippen LogP contribution in [0.25, 0.3) is 11.3 Å². The molecule has 0 saturated carbocycles. The molecule has 0 bridgehead atoms. The normalized spacial score (nSPS) is 14.5. The lowest BCUT2D eigenvalue weighted by atomic mass is 10.0. The van der Waals surface area contributed by atoms with Crippen molar-refractivity contribution in [3.05, 3.63) is 75.5 Å². The van der Waals surface area contributed by atoms with E-state index < -0.39 is 6.17 Å². The van der Waals surface area contributed by atoms with Crippen molar-refractivity contribution in [1.29, 1.82) is 0 Å². The Morgan fingerprint density at radius 3 is 2.88 bits per heavy atom. The number of aromatic nitrogens is 3. The van der Waals surface area contributed by atoms with Crippen molar-refractivity contribution in [2.75, 3.05) is 17.3 Å². The maximum atomic E-state index is 13.2. The second-order valence-corrected chi connectivity index (χ2v) is 8.91. The van der Waals surface area contributed by atoms with Crippen LogP contribution in [0.2, 0.25) is 0 Å². The van der Waals surface area contributed by atoms with Gasteiger partial charge in [-0.1, -0.05) is 45.9 Å². The second-order valence-electron chi connectivity index (χ2n) is 7.05. The Bertz CT molecular complexity index is 1260. The predicted octanol–water partition coefficient (Wildman–Crippen LogP) is 4.08. The summed E-state index contributed by atoms with van der Waals surface area (Å²) in [5, 5.41) is 5.19. The van der Waals surface area contributed by atoms with Gasteiger partial charge in [0.05, 0.1) is 23.4 Å². The standard InChI is InChI=1S/C23H21BrN4O3S/c1-4-12-32-23-25-21(30)20-16-8-6-7-9-19(16)27(14(3)29)22(28(20)26-23)17-13-15(31-5-2)10-11-18(17)24/h4,6-11,13,22H,1,5,12H2,2-3H3/p+1/t22-/m1/s1. The third kappa shape index (κ3) is 3.98. The highest BCUT2D eigenvalue weighted by Crippen LogP contribution is 2.39. The van der Waals surface area contributed by atoms with Gasteiger partial charge in [-0.3, -0.25) is 14.6 Å². The highest BCUT2D eigenvalue weighted by atomic mass is 79.9. The molecule has 0 saturated heterocycles. The number of hydrogen-bond donors (Lipinski definition) is 1. The number of nitrogens with zero attached hydrogens (tertiary/aromatic N) is 3. The van der Waals surface area contributed by atoms with E-state index in [9.17, 15) is 9.59 Å². The van der Waals surface area contributed by atoms with Crippen molar-refractivity contribution < 1.29 is 14.2 Å². The van der Waals surface area contributed by atoms with Gasteiger partial charge in [-0.05, 0) is 41.9 Å². The molecule has 1 N–H and O–H groups in total. The highest BCUT2D eigenvalue weighted by molar-refractivity contribution is 9.10. The summed E-state index contributed by atoms with van der Waals surface area (Å²) in [5.41, 5.74) is 2.16. The minimum Gasteiger partial charge on any atom is -0.494 e. The lowest BCUT2D eigenvalue weighted by Crippen LogP contribution is -2.60. The summed E-state index contributed by atoms with van der Waals surface area (Å²) >= 11 is 4.99. The first-order chi connectivity index (χ1) is 15.5. The quantitative estimate of drug-likeness (QED) is 0.305. The lowest BCUT2D eigenvalue weighted by molar-refractivity contribution is -0.763. The van der Waals surface area contributed by atoms with Gasteiger partial charge in [0.25, 0.3) is 6.17 Å². The fourth-order valence-electron chi connectivity index (χ4n) is 3.77. The molecule has 0 unspecified atom stereocenters. The molecule has 32 heavy (non-hydrogen) atoms. The number of amides is 1. The zero-order valence-corrected chi connectivity index (χ0v) is 20.1. The fourth-order valence-corrected chi connectivity index (χ4v) is 4.81. The molecule has 164 valence electrons. The number of carbonyl (C=O) groups is 1. The summed E-state index contributed by atoms with van der Waals surface area (Å²) in [6, 6.07) is 13.0. The molecule has 2 heterocycles. The maximum Gasteiger partial charge on any atom is 0.325 e. The molecule has 1 aromatic heterocycles. The van der Waals surface area contributed by atoms with E-state index in [-0.39, 0.29) is 11.5 Å². The Kier molecular flexibility index (Phi) is 6.48. The van der Waals surface area contributed by atoms with Gasteiger partial charge in [-0.2, -0.15) is 0 Å². The van der Waals surface area contributed by atoms with Crippen LogP contribution in [-0.2, 0) is 4.79 Å². The molecule has 0 spiro atoms. The first-order valence-electron chi connectivity index (χ1n) is 10.1. The van der Waals surface area contributed by atoms with Gasteiger partial charge < -0.3 is 4.74 Å². The number of benzene rings is 2. The van der Waals surface area contributed by atoms with Crippen molar-refractivity contribution in [2.45, 2.75) is 25.2 Å². The van der Waals surface area contributed by atoms with Crippen molar-refractivity contribution in [1.82, 2.24) is 10.1 Å². The number of rotatable bonds is 6. The van der Waals surface area contributed by atoms with E-state index in [1.165, 1.54) is 18.7 Å². The minimum absolute atomic E-state index is 0.170. The number of nitrogens with one attached hydrogen (secondary N) is 1. The number of carbonyl (C=O) groups excluding carboxylic acids is 1. The zero-order valence-electron chi connectivity index (χ0n) is 17.7. The number of aromatic amines is 1.